The van der Waals surface area contributed by atoms with Gasteiger partial charge in [0.05, 0.1) is 13.2 Å². The van der Waals surface area contributed by atoms with Crippen molar-refractivity contribution in [3.63, 3.8) is 0 Å². The van der Waals surface area contributed by atoms with Gasteiger partial charge in [0.15, 0.2) is 0 Å². The molecule has 1 aliphatic heterocycles. The van der Waals surface area contributed by atoms with E-state index in [0.717, 1.165) is 16.9 Å². The third kappa shape index (κ3) is 4.49. The molecule has 0 amide bonds. The van der Waals surface area contributed by atoms with Crippen molar-refractivity contribution in [1.29, 1.82) is 0 Å². The van der Waals surface area contributed by atoms with Crippen LogP contribution in [0.3, 0.4) is 0 Å². The van der Waals surface area contributed by atoms with E-state index in [1.165, 1.54) is 0 Å². The maximum atomic E-state index is 10.3. The number of benzene rings is 2. The van der Waals surface area contributed by atoms with Gasteiger partial charge in [-0.15, -0.1) is 0 Å². The first kappa shape index (κ1) is 21.0. The summed E-state index contributed by atoms with van der Waals surface area (Å²) in [4.78, 5) is 0. The molecule has 0 unspecified atom stereocenters. The summed E-state index contributed by atoms with van der Waals surface area (Å²) in [6.07, 6.45) is -5.39. The maximum absolute atomic E-state index is 10.3. The zero-order valence-corrected chi connectivity index (χ0v) is 16.3. The summed E-state index contributed by atoms with van der Waals surface area (Å²) in [6, 6.07) is 12.9. The lowest BCUT2D eigenvalue weighted by atomic mass is 9.90. The van der Waals surface area contributed by atoms with Crippen LogP contribution in [0.4, 0.5) is 0 Å². The second kappa shape index (κ2) is 9.22. The molecule has 0 aromatic heterocycles. The Morgan fingerprint density at radius 2 is 1.71 bits per heavy atom. The van der Waals surface area contributed by atoms with Crippen LogP contribution in [0.5, 0.6) is 5.75 Å². The predicted octanol–water partition coefficient (Wildman–Crippen LogP) is 1.84. The molecule has 1 fully saturated rings. The highest BCUT2D eigenvalue weighted by atomic mass is 35.5. The van der Waals surface area contributed by atoms with Crippen LogP contribution in [0, 0.1) is 0 Å². The molecule has 7 heteroatoms. The molecule has 1 aliphatic rings. The fourth-order valence-electron chi connectivity index (χ4n) is 3.37. The molecule has 4 N–H and O–H groups in total. The number of aliphatic hydroxyl groups is 4. The van der Waals surface area contributed by atoms with Gasteiger partial charge in [-0.3, -0.25) is 0 Å². The molecular formula is C21H25ClO6. The van der Waals surface area contributed by atoms with Gasteiger partial charge in [-0.25, -0.2) is 0 Å². The number of ether oxygens (including phenoxy) is 2. The maximum Gasteiger partial charge on any atom is 0.119 e. The number of halogens is 1. The molecule has 0 aliphatic carbocycles. The van der Waals surface area contributed by atoms with Gasteiger partial charge < -0.3 is 29.9 Å². The Balaban J connectivity index is 1.82. The molecular weight excluding hydrogens is 384 g/mol. The number of aliphatic hydroxyl groups excluding tert-OH is 4. The van der Waals surface area contributed by atoms with Crippen molar-refractivity contribution < 1.29 is 29.9 Å². The van der Waals surface area contributed by atoms with Crippen molar-refractivity contribution >= 4 is 11.6 Å². The van der Waals surface area contributed by atoms with Crippen LogP contribution >= 0.6 is 11.6 Å². The average Bonchev–Trinajstić information content (AvgIpc) is 2.70. The Bertz CT molecular complexity index is 779. The second-order valence-electron chi connectivity index (χ2n) is 6.85. The minimum atomic E-state index is -1.42. The monoisotopic (exact) mass is 408 g/mol. The van der Waals surface area contributed by atoms with Crippen LogP contribution in [-0.4, -0.2) is 58.1 Å². The largest absolute Gasteiger partial charge is 0.494 e. The van der Waals surface area contributed by atoms with Crippen LogP contribution in [0.15, 0.2) is 42.5 Å². The molecule has 2 aromatic rings. The molecule has 152 valence electrons. The number of hydrogen-bond donors (Lipinski definition) is 4. The average molecular weight is 409 g/mol. The van der Waals surface area contributed by atoms with Gasteiger partial charge in [-0.05, 0) is 48.2 Å². The van der Waals surface area contributed by atoms with Crippen LogP contribution in [0.2, 0.25) is 5.02 Å². The SMILES string of the molecule is CCOc1ccc(Cc2cc([C@@H]3O[C@H](CO)[C@H](O)[C@H](O)[C@H]3O)ccc2Cl)cc1. The summed E-state index contributed by atoms with van der Waals surface area (Å²) in [5.74, 6) is 0.799. The normalized spacial score (nSPS) is 27.6. The molecule has 0 saturated carbocycles. The zero-order chi connectivity index (χ0) is 20.3. The summed E-state index contributed by atoms with van der Waals surface area (Å²) in [6.45, 7) is 2.07. The van der Waals surface area contributed by atoms with Crippen LogP contribution < -0.4 is 4.74 Å². The summed E-state index contributed by atoms with van der Waals surface area (Å²) in [5.41, 5.74) is 2.49. The fourth-order valence-corrected chi connectivity index (χ4v) is 3.56. The van der Waals surface area contributed by atoms with Crippen LogP contribution in [-0.2, 0) is 11.2 Å². The van der Waals surface area contributed by atoms with Gasteiger partial charge in [0.2, 0.25) is 0 Å². The fraction of sp³-hybridized carbons (Fsp3) is 0.429. The van der Waals surface area contributed by atoms with Crippen LogP contribution in [0.1, 0.15) is 29.7 Å². The van der Waals surface area contributed by atoms with E-state index in [1.807, 2.05) is 37.3 Å². The molecule has 3 rings (SSSR count). The quantitative estimate of drug-likeness (QED) is 0.582. The number of rotatable bonds is 6. The molecule has 1 saturated heterocycles. The van der Waals surface area contributed by atoms with Gasteiger partial charge in [0, 0.05) is 5.02 Å². The molecule has 1 heterocycles. The first-order valence-electron chi connectivity index (χ1n) is 9.25. The molecule has 5 atom stereocenters. The van der Waals surface area contributed by atoms with E-state index in [2.05, 4.69) is 0 Å². The van der Waals surface area contributed by atoms with Crippen molar-refractivity contribution in [2.45, 2.75) is 43.9 Å². The molecule has 0 bridgehead atoms. The smallest absolute Gasteiger partial charge is 0.119 e. The molecule has 6 nitrogen and oxygen atoms in total. The Hall–Kier alpha value is -1.67. The Morgan fingerprint density at radius 3 is 2.36 bits per heavy atom. The first-order chi connectivity index (χ1) is 13.4. The van der Waals surface area contributed by atoms with E-state index < -0.39 is 37.1 Å². The van der Waals surface area contributed by atoms with Crippen molar-refractivity contribution in [2.75, 3.05) is 13.2 Å². The predicted molar refractivity (Wildman–Crippen MR) is 105 cm³/mol. The first-order valence-corrected chi connectivity index (χ1v) is 9.63. The van der Waals surface area contributed by atoms with E-state index in [-0.39, 0.29) is 0 Å². The van der Waals surface area contributed by atoms with E-state index in [1.54, 1.807) is 12.1 Å². The third-order valence-corrected chi connectivity index (χ3v) is 5.29. The highest BCUT2D eigenvalue weighted by Crippen LogP contribution is 2.34. The standard InChI is InChI=1S/C21H25ClO6/c1-2-27-15-6-3-12(4-7-15)9-14-10-13(5-8-16(14)22)21-20(26)19(25)18(24)17(11-23)28-21/h3-8,10,17-21,23-26H,2,9,11H2,1H3/t17-,18+,19+,20-,21+/m1/s1. The highest BCUT2D eigenvalue weighted by molar-refractivity contribution is 6.31. The third-order valence-electron chi connectivity index (χ3n) is 4.92. The summed E-state index contributed by atoms with van der Waals surface area (Å²) >= 11 is 6.35. The molecule has 2 aromatic carbocycles. The highest BCUT2D eigenvalue weighted by Gasteiger charge is 2.43. The lowest BCUT2D eigenvalue weighted by Crippen LogP contribution is -2.55. The minimum absolute atomic E-state index is 0.464. The Kier molecular flexibility index (Phi) is 6.93. The summed E-state index contributed by atoms with van der Waals surface area (Å²) in [7, 11) is 0. The topological polar surface area (TPSA) is 99.4 Å². The van der Waals surface area contributed by atoms with E-state index in [4.69, 9.17) is 21.1 Å². The molecule has 0 spiro atoms. The Morgan fingerprint density at radius 1 is 1.00 bits per heavy atom. The van der Waals surface area contributed by atoms with Gasteiger partial charge in [0.25, 0.3) is 0 Å². The Labute approximate surface area is 168 Å². The second-order valence-corrected chi connectivity index (χ2v) is 7.26. The van der Waals surface area contributed by atoms with Crippen molar-refractivity contribution in [3.8, 4) is 5.75 Å². The van der Waals surface area contributed by atoms with Crippen molar-refractivity contribution in [2.24, 2.45) is 0 Å². The summed E-state index contributed by atoms with van der Waals surface area (Å²) in [5, 5.41) is 40.3. The lowest BCUT2D eigenvalue weighted by molar-refractivity contribution is -0.231. The molecule has 28 heavy (non-hydrogen) atoms. The van der Waals surface area contributed by atoms with Crippen molar-refractivity contribution in [1.82, 2.24) is 0 Å². The van der Waals surface area contributed by atoms with E-state index in [9.17, 15) is 20.4 Å². The van der Waals surface area contributed by atoms with Crippen LogP contribution in [0.25, 0.3) is 0 Å². The van der Waals surface area contributed by atoms with E-state index in [0.29, 0.717) is 23.6 Å². The number of hydrogen-bond acceptors (Lipinski definition) is 6. The van der Waals surface area contributed by atoms with E-state index >= 15 is 0 Å². The van der Waals surface area contributed by atoms with Gasteiger partial charge >= 0.3 is 0 Å². The lowest BCUT2D eigenvalue weighted by Gasteiger charge is -2.40. The van der Waals surface area contributed by atoms with Gasteiger partial charge in [-0.2, -0.15) is 0 Å². The van der Waals surface area contributed by atoms with Gasteiger partial charge in [-0.1, -0.05) is 35.9 Å². The summed E-state index contributed by atoms with van der Waals surface area (Å²) < 4.78 is 11.1. The molecule has 0 radical (unpaired) electrons. The zero-order valence-electron chi connectivity index (χ0n) is 15.5. The minimum Gasteiger partial charge on any atom is -0.494 e. The van der Waals surface area contributed by atoms with Crippen molar-refractivity contribution in [3.05, 3.63) is 64.2 Å². The van der Waals surface area contributed by atoms with Gasteiger partial charge in [0.1, 0.15) is 36.3 Å².